The van der Waals surface area contributed by atoms with Crippen LogP contribution in [-0.4, -0.2) is 45.2 Å². The molecule has 0 atom stereocenters. The molecular weight excluding hydrogens is 378 g/mol. The maximum Gasteiger partial charge on any atom is 0.231 e. The van der Waals surface area contributed by atoms with E-state index < -0.39 is 0 Å². The van der Waals surface area contributed by atoms with E-state index in [1.54, 1.807) is 34.5 Å². The first-order valence-electron chi connectivity index (χ1n) is 8.85. The fourth-order valence-corrected chi connectivity index (χ4v) is 3.17. The van der Waals surface area contributed by atoms with Crippen LogP contribution in [0.5, 0.6) is 34.6 Å². The van der Waals surface area contributed by atoms with Crippen molar-refractivity contribution < 1.29 is 28.4 Å². The molecule has 9 nitrogen and oxygen atoms in total. The lowest BCUT2D eigenvalue weighted by Gasteiger charge is -2.16. The van der Waals surface area contributed by atoms with E-state index >= 15 is 0 Å². The molecule has 0 fully saturated rings. The second-order valence-electron chi connectivity index (χ2n) is 6.14. The first-order valence-corrected chi connectivity index (χ1v) is 8.85. The van der Waals surface area contributed by atoms with Crippen molar-refractivity contribution in [2.24, 2.45) is 0 Å². The Bertz CT molecular complexity index is 1060. The molecule has 0 amide bonds. The third-order valence-corrected chi connectivity index (χ3v) is 4.54. The zero-order valence-corrected chi connectivity index (χ0v) is 16.6. The maximum absolute atomic E-state index is 5.55. The molecule has 0 bridgehead atoms. The summed E-state index contributed by atoms with van der Waals surface area (Å²) in [5.41, 5.74) is 1.54. The van der Waals surface area contributed by atoms with Crippen molar-refractivity contribution in [1.82, 2.24) is 9.97 Å². The highest BCUT2D eigenvalue weighted by Gasteiger charge is 2.21. The molecule has 1 aliphatic heterocycles. The molecule has 152 valence electrons. The number of ether oxygens (including phenoxy) is 6. The van der Waals surface area contributed by atoms with Crippen molar-refractivity contribution in [2.45, 2.75) is 6.54 Å². The van der Waals surface area contributed by atoms with Crippen molar-refractivity contribution in [3.63, 3.8) is 0 Å². The summed E-state index contributed by atoms with van der Waals surface area (Å²) >= 11 is 0. The second kappa shape index (κ2) is 7.78. The topological polar surface area (TPSA) is 93.2 Å². The Morgan fingerprint density at radius 2 is 1.69 bits per heavy atom. The van der Waals surface area contributed by atoms with Gasteiger partial charge in [-0.2, -0.15) is 4.98 Å². The summed E-state index contributed by atoms with van der Waals surface area (Å²) in [6, 6.07) is 7.51. The van der Waals surface area contributed by atoms with E-state index in [9.17, 15) is 0 Å². The van der Waals surface area contributed by atoms with E-state index in [-0.39, 0.29) is 6.79 Å². The fourth-order valence-electron chi connectivity index (χ4n) is 3.17. The zero-order chi connectivity index (χ0) is 20.4. The van der Waals surface area contributed by atoms with Crippen molar-refractivity contribution in [3.8, 4) is 34.6 Å². The van der Waals surface area contributed by atoms with Gasteiger partial charge in [-0.05, 0) is 23.8 Å². The van der Waals surface area contributed by atoms with Gasteiger partial charge in [0.1, 0.15) is 5.52 Å². The Balaban J connectivity index is 1.71. The van der Waals surface area contributed by atoms with E-state index in [1.807, 2.05) is 18.2 Å². The number of fused-ring (bicyclic) bond motifs is 2. The molecular formula is C20H21N3O6. The summed E-state index contributed by atoms with van der Waals surface area (Å²) in [7, 11) is 6.19. The van der Waals surface area contributed by atoms with Gasteiger partial charge >= 0.3 is 0 Å². The van der Waals surface area contributed by atoms with Gasteiger partial charge < -0.3 is 33.7 Å². The Kier molecular flexibility index (Phi) is 5.03. The van der Waals surface area contributed by atoms with Crippen LogP contribution in [0, 0.1) is 0 Å². The van der Waals surface area contributed by atoms with E-state index in [0.717, 1.165) is 17.1 Å². The van der Waals surface area contributed by atoms with Gasteiger partial charge in [0.15, 0.2) is 23.0 Å². The molecule has 1 aromatic heterocycles. The number of hydrogen-bond acceptors (Lipinski definition) is 9. The quantitative estimate of drug-likeness (QED) is 0.643. The SMILES string of the molecule is COc1cc2c(OC)nc(NCc3ccc4c(c3)OCO4)nc2c(OC)c1OC. The zero-order valence-electron chi connectivity index (χ0n) is 16.6. The van der Waals surface area contributed by atoms with Crippen molar-refractivity contribution >= 4 is 16.9 Å². The average molecular weight is 399 g/mol. The molecule has 0 saturated heterocycles. The molecule has 3 aromatic rings. The van der Waals surface area contributed by atoms with Crippen LogP contribution in [-0.2, 0) is 6.54 Å². The molecule has 0 saturated carbocycles. The highest BCUT2D eigenvalue weighted by Crippen LogP contribution is 2.44. The Hall–Kier alpha value is -3.62. The number of hydrogen-bond donors (Lipinski definition) is 1. The largest absolute Gasteiger partial charge is 0.493 e. The average Bonchev–Trinajstić information content (AvgIpc) is 3.23. The van der Waals surface area contributed by atoms with Gasteiger partial charge in [-0.1, -0.05) is 6.07 Å². The number of methoxy groups -OCH3 is 4. The summed E-state index contributed by atoms with van der Waals surface area (Å²) in [4.78, 5) is 9.07. The number of nitrogens with one attached hydrogen (secondary N) is 1. The van der Waals surface area contributed by atoms with Crippen LogP contribution in [0.25, 0.3) is 10.9 Å². The normalized spacial score (nSPS) is 12.0. The van der Waals surface area contributed by atoms with E-state index in [2.05, 4.69) is 15.3 Å². The fraction of sp³-hybridized carbons (Fsp3) is 0.300. The highest BCUT2D eigenvalue weighted by molar-refractivity contribution is 5.94. The molecule has 4 rings (SSSR count). The van der Waals surface area contributed by atoms with Crippen LogP contribution in [0.1, 0.15) is 5.56 Å². The number of anilines is 1. The Morgan fingerprint density at radius 3 is 2.41 bits per heavy atom. The molecule has 29 heavy (non-hydrogen) atoms. The lowest BCUT2D eigenvalue weighted by molar-refractivity contribution is 0.174. The van der Waals surface area contributed by atoms with Gasteiger partial charge in [-0.25, -0.2) is 4.98 Å². The van der Waals surface area contributed by atoms with Gasteiger partial charge in [0.05, 0.1) is 33.8 Å². The summed E-state index contributed by atoms with van der Waals surface area (Å²) in [5, 5.41) is 3.86. The molecule has 0 unspecified atom stereocenters. The van der Waals surface area contributed by atoms with E-state index in [0.29, 0.717) is 46.5 Å². The van der Waals surface area contributed by atoms with Gasteiger partial charge in [0.2, 0.25) is 24.4 Å². The van der Waals surface area contributed by atoms with Crippen molar-refractivity contribution in [1.29, 1.82) is 0 Å². The molecule has 0 radical (unpaired) electrons. The van der Waals surface area contributed by atoms with Crippen molar-refractivity contribution in [3.05, 3.63) is 29.8 Å². The predicted octanol–water partition coefficient (Wildman–Crippen LogP) is 3.01. The lowest BCUT2D eigenvalue weighted by atomic mass is 10.2. The lowest BCUT2D eigenvalue weighted by Crippen LogP contribution is -2.06. The number of rotatable bonds is 7. The summed E-state index contributed by atoms with van der Waals surface area (Å²) < 4.78 is 32.6. The minimum Gasteiger partial charge on any atom is -0.493 e. The Labute approximate surface area is 167 Å². The first-order chi connectivity index (χ1) is 14.2. The van der Waals surface area contributed by atoms with Crippen LogP contribution in [0.4, 0.5) is 5.95 Å². The standard InChI is InChI=1S/C20H21N3O6/c1-24-15-8-12-16(18(26-3)17(15)25-2)22-20(23-19(12)27-4)21-9-11-5-6-13-14(7-11)29-10-28-13/h5-8H,9-10H2,1-4H3,(H,21,22,23). The van der Waals surface area contributed by atoms with Crippen LogP contribution in [0.15, 0.2) is 24.3 Å². The third kappa shape index (κ3) is 3.35. The second-order valence-corrected chi connectivity index (χ2v) is 6.14. The first kappa shape index (κ1) is 18.7. The van der Waals surface area contributed by atoms with E-state index in [4.69, 9.17) is 28.4 Å². The van der Waals surface area contributed by atoms with Crippen LogP contribution in [0.2, 0.25) is 0 Å². The van der Waals surface area contributed by atoms with Gasteiger partial charge in [-0.15, -0.1) is 0 Å². The van der Waals surface area contributed by atoms with Gasteiger partial charge in [0, 0.05) is 6.54 Å². The van der Waals surface area contributed by atoms with Gasteiger partial charge in [0.25, 0.3) is 0 Å². The molecule has 2 aromatic carbocycles. The van der Waals surface area contributed by atoms with Crippen molar-refractivity contribution in [2.75, 3.05) is 40.5 Å². The van der Waals surface area contributed by atoms with Gasteiger partial charge in [-0.3, -0.25) is 0 Å². The van der Waals surface area contributed by atoms with Crippen LogP contribution >= 0.6 is 0 Å². The Morgan fingerprint density at radius 1 is 0.897 bits per heavy atom. The molecule has 1 aliphatic rings. The molecule has 0 aliphatic carbocycles. The number of aromatic nitrogens is 2. The monoisotopic (exact) mass is 399 g/mol. The minimum absolute atomic E-state index is 0.238. The maximum atomic E-state index is 5.55. The van der Waals surface area contributed by atoms with Crippen LogP contribution < -0.4 is 33.7 Å². The molecule has 0 spiro atoms. The molecule has 1 N–H and O–H groups in total. The number of nitrogens with zero attached hydrogens (tertiary/aromatic N) is 2. The molecule has 2 heterocycles. The summed E-state index contributed by atoms with van der Waals surface area (Å²) in [6.45, 7) is 0.725. The number of benzene rings is 2. The van der Waals surface area contributed by atoms with Crippen LogP contribution in [0.3, 0.4) is 0 Å². The highest BCUT2D eigenvalue weighted by atomic mass is 16.7. The minimum atomic E-state index is 0.238. The molecule has 9 heteroatoms. The third-order valence-electron chi connectivity index (χ3n) is 4.54. The van der Waals surface area contributed by atoms with E-state index in [1.165, 1.54) is 0 Å². The summed E-state index contributed by atoms with van der Waals surface area (Å²) in [5.74, 6) is 3.63. The predicted molar refractivity (Wildman–Crippen MR) is 106 cm³/mol. The smallest absolute Gasteiger partial charge is 0.231 e. The summed E-state index contributed by atoms with van der Waals surface area (Å²) in [6.07, 6.45) is 0.